The number of unbranched alkanes of at least 4 members (excludes halogenated alkanes) is 1. The lowest BCUT2D eigenvalue weighted by Gasteiger charge is -2.28. The molecule has 29 heavy (non-hydrogen) atoms. The fraction of sp³-hybridized carbons (Fsp3) is 0.524. The first-order valence-electron chi connectivity index (χ1n) is 10.2. The van der Waals surface area contributed by atoms with Crippen molar-refractivity contribution in [2.45, 2.75) is 59.4 Å². The minimum atomic E-state index is -0.174. The normalized spacial score (nSPS) is 11.7. The molecule has 0 saturated carbocycles. The Hall–Kier alpha value is -2.48. The molecule has 1 aromatic carbocycles. The number of hydrogen-bond acceptors (Lipinski definition) is 5. The first-order valence-corrected chi connectivity index (χ1v) is 11.0. The molecule has 158 valence electrons. The Balaban J connectivity index is 1.91. The van der Waals surface area contributed by atoms with Crippen LogP contribution in [-0.4, -0.2) is 46.2 Å². The minimum absolute atomic E-state index is 0.0684. The number of benzene rings is 1. The van der Waals surface area contributed by atoms with Crippen LogP contribution < -0.4 is 10.6 Å². The number of rotatable bonds is 10. The van der Waals surface area contributed by atoms with Gasteiger partial charge in [0.1, 0.15) is 5.01 Å². The number of urea groups is 1. The van der Waals surface area contributed by atoms with Crippen LogP contribution in [0.25, 0.3) is 10.6 Å². The molecule has 1 unspecified atom stereocenters. The van der Waals surface area contributed by atoms with E-state index in [9.17, 15) is 9.59 Å². The molecule has 2 aromatic rings. The van der Waals surface area contributed by atoms with Gasteiger partial charge in [-0.25, -0.2) is 4.79 Å². The Bertz CT molecular complexity index is 808. The molecule has 0 radical (unpaired) electrons. The SMILES string of the molecule is CCCCNC(=O)N(CCC(=O)Nc1nnc(-c2cccc(C)c2)s1)C(C)CC. The van der Waals surface area contributed by atoms with Gasteiger partial charge in [-0.3, -0.25) is 4.79 Å². The average Bonchev–Trinajstić information content (AvgIpc) is 3.16. The Morgan fingerprint density at radius 1 is 1.24 bits per heavy atom. The van der Waals surface area contributed by atoms with E-state index in [0.29, 0.717) is 18.2 Å². The number of aromatic nitrogens is 2. The minimum Gasteiger partial charge on any atom is -0.338 e. The summed E-state index contributed by atoms with van der Waals surface area (Å²) >= 11 is 1.34. The van der Waals surface area contributed by atoms with Crippen LogP contribution in [0.1, 0.15) is 52.0 Å². The van der Waals surface area contributed by atoms with Gasteiger partial charge >= 0.3 is 6.03 Å². The smallest absolute Gasteiger partial charge is 0.317 e. The van der Waals surface area contributed by atoms with Crippen molar-refractivity contribution in [2.75, 3.05) is 18.4 Å². The maximum atomic E-state index is 12.4. The van der Waals surface area contributed by atoms with E-state index in [1.165, 1.54) is 11.3 Å². The quantitative estimate of drug-likeness (QED) is 0.559. The second-order valence-corrected chi connectivity index (χ2v) is 8.09. The van der Waals surface area contributed by atoms with Crippen molar-refractivity contribution in [3.05, 3.63) is 29.8 Å². The number of aryl methyl sites for hydroxylation is 1. The number of nitrogens with one attached hydrogen (secondary N) is 2. The summed E-state index contributed by atoms with van der Waals surface area (Å²) in [7, 11) is 0. The van der Waals surface area contributed by atoms with Gasteiger partial charge in [-0.05, 0) is 32.8 Å². The summed E-state index contributed by atoms with van der Waals surface area (Å²) in [5, 5.41) is 15.2. The summed E-state index contributed by atoms with van der Waals surface area (Å²) in [5.74, 6) is -0.174. The van der Waals surface area contributed by atoms with Gasteiger partial charge in [-0.15, -0.1) is 10.2 Å². The standard InChI is InChI=1S/C21H31N5O2S/c1-5-7-12-22-21(28)26(16(4)6-2)13-11-18(27)23-20-25-24-19(29-20)17-10-8-9-15(3)14-17/h8-10,14,16H,5-7,11-13H2,1-4H3,(H,22,28)(H,23,25,27). The van der Waals surface area contributed by atoms with Crippen LogP contribution in [0, 0.1) is 6.92 Å². The molecule has 7 nitrogen and oxygen atoms in total. The summed E-state index contributed by atoms with van der Waals surface area (Å²) in [6.45, 7) is 9.15. The molecule has 0 bridgehead atoms. The van der Waals surface area contributed by atoms with Gasteiger partial charge in [0.25, 0.3) is 0 Å². The molecule has 1 atom stereocenters. The second kappa shape index (κ2) is 11.5. The van der Waals surface area contributed by atoms with E-state index in [4.69, 9.17) is 0 Å². The summed E-state index contributed by atoms with van der Waals surface area (Å²) in [6.07, 6.45) is 3.02. The lowest BCUT2D eigenvalue weighted by atomic mass is 10.1. The van der Waals surface area contributed by atoms with Crippen LogP contribution in [0.15, 0.2) is 24.3 Å². The Kier molecular flexibility index (Phi) is 9.05. The van der Waals surface area contributed by atoms with Crippen molar-refractivity contribution in [2.24, 2.45) is 0 Å². The van der Waals surface area contributed by atoms with Crippen LogP contribution in [0.2, 0.25) is 0 Å². The first kappa shape index (κ1) is 22.8. The molecular weight excluding hydrogens is 386 g/mol. The van der Waals surface area contributed by atoms with Gasteiger partial charge < -0.3 is 15.5 Å². The molecule has 0 fully saturated rings. The van der Waals surface area contributed by atoms with E-state index < -0.39 is 0 Å². The highest BCUT2D eigenvalue weighted by Crippen LogP contribution is 2.26. The third-order valence-corrected chi connectivity index (χ3v) is 5.59. The molecule has 3 amide bonds. The van der Waals surface area contributed by atoms with E-state index in [0.717, 1.165) is 35.4 Å². The first-order chi connectivity index (χ1) is 13.9. The number of amides is 3. The van der Waals surface area contributed by atoms with Gasteiger partial charge in [0.2, 0.25) is 11.0 Å². The molecule has 0 spiro atoms. The van der Waals surface area contributed by atoms with Crippen LogP contribution >= 0.6 is 11.3 Å². The number of hydrogen-bond donors (Lipinski definition) is 2. The number of carbonyl (C=O) groups is 2. The zero-order chi connectivity index (χ0) is 21.2. The molecule has 0 saturated heterocycles. The second-order valence-electron chi connectivity index (χ2n) is 7.12. The van der Waals surface area contributed by atoms with Gasteiger partial charge in [-0.2, -0.15) is 0 Å². The molecule has 0 aliphatic carbocycles. The van der Waals surface area contributed by atoms with Crippen LogP contribution in [-0.2, 0) is 4.79 Å². The molecular formula is C21H31N5O2S. The predicted molar refractivity (Wildman–Crippen MR) is 118 cm³/mol. The largest absolute Gasteiger partial charge is 0.338 e. The van der Waals surface area contributed by atoms with E-state index in [-0.39, 0.29) is 24.4 Å². The monoisotopic (exact) mass is 417 g/mol. The zero-order valence-electron chi connectivity index (χ0n) is 17.7. The van der Waals surface area contributed by atoms with Crippen molar-refractivity contribution in [1.82, 2.24) is 20.4 Å². The Morgan fingerprint density at radius 2 is 2.03 bits per heavy atom. The molecule has 2 N–H and O–H groups in total. The van der Waals surface area contributed by atoms with Gasteiger partial charge in [-0.1, -0.05) is 55.4 Å². The molecule has 2 rings (SSSR count). The Labute approximate surface area is 176 Å². The summed E-state index contributed by atoms with van der Waals surface area (Å²) < 4.78 is 0. The molecule has 0 aliphatic heterocycles. The van der Waals surface area contributed by atoms with Crippen molar-refractivity contribution in [3.63, 3.8) is 0 Å². The zero-order valence-corrected chi connectivity index (χ0v) is 18.5. The van der Waals surface area contributed by atoms with Crippen molar-refractivity contribution >= 4 is 28.4 Å². The summed E-state index contributed by atoms with van der Waals surface area (Å²) in [5.41, 5.74) is 2.13. The van der Waals surface area contributed by atoms with Crippen molar-refractivity contribution in [1.29, 1.82) is 0 Å². The highest BCUT2D eigenvalue weighted by Gasteiger charge is 2.20. The Morgan fingerprint density at radius 3 is 2.72 bits per heavy atom. The molecule has 8 heteroatoms. The van der Waals surface area contributed by atoms with E-state index >= 15 is 0 Å². The number of carbonyl (C=O) groups excluding carboxylic acids is 2. The van der Waals surface area contributed by atoms with E-state index in [1.807, 2.05) is 45.0 Å². The number of anilines is 1. The van der Waals surface area contributed by atoms with Gasteiger partial charge in [0.05, 0.1) is 0 Å². The topological polar surface area (TPSA) is 87.2 Å². The maximum Gasteiger partial charge on any atom is 0.317 e. The maximum absolute atomic E-state index is 12.4. The molecule has 1 aromatic heterocycles. The highest BCUT2D eigenvalue weighted by molar-refractivity contribution is 7.18. The average molecular weight is 418 g/mol. The van der Waals surface area contributed by atoms with Gasteiger partial charge in [0, 0.05) is 31.1 Å². The van der Waals surface area contributed by atoms with Gasteiger partial charge in [0.15, 0.2) is 0 Å². The predicted octanol–water partition coefficient (Wildman–Crippen LogP) is 4.45. The molecule has 1 heterocycles. The fourth-order valence-corrected chi connectivity index (χ4v) is 3.54. The number of nitrogens with zero attached hydrogens (tertiary/aromatic N) is 3. The highest BCUT2D eigenvalue weighted by atomic mass is 32.1. The molecule has 0 aliphatic rings. The van der Waals surface area contributed by atoms with Crippen LogP contribution in [0.5, 0.6) is 0 Å². The van der Waals surface area contributed by atoms with E-state index in [2.05, 4.69) is 27.8 Å². The van der Waals surface area contributed by atoms with E-state index in [1.54, 1.807) is 4.90 Å². The van der Waals surface area contributed by atoms with Crippen LogP contribution in [0.3, 0.4) is 0 Å². The van der Waals surface area contributed by atoms with Crippen LogP contribution in [0.4, 0.5) is 9.93 Å². The fourth-order valence-electron chi connectivity index (χ4n) is 2.79. The third kappa shape index (κ3) is 7.12. The summed E-state index contributed by atoms with van der Waals surface area (Å²) in [4.78, 5) is 26.5. The van der Waals surface area contributed by atoms with Crippen molar-refractivity contribution in [3.8, 4) is 10.6 Å². The van der Waals surface area contributed by atoms with Crippen molar-refractivity contribution < 1.29 is 9.59 Å². The summed E-state index contributed by atoms with van der Waals surface area (Å²) in [6, 6.07) is 7.96. The lowest BCUT2D eigenvalue weighted by Crippen LogP contribution is -2.46. The lowest BCUT2D eigenvalue weighted by molar-refractivity contribution is -0.116. The third-order valence-electron chi connectivity index (χ3n) is 4.71.